The molecule has 6 heteroatoms. The van der Waals surface area contributed by atoms with Crippen molar-refractivity contribution in [2.75, 3.05) is 23.7 Å². The third-order valence-electron chi connectivity index (χ3n) is 3.64. The van der Waals surface area contributed by atoms with Gasteiger partial charge in [-0.05, 0) is 30.2 Å². The van der Waals surface area contributed by atoms with Gasteiger partial charge < -0.3 is 15.7 Å². The lowest BCUT2D eigenvalue weighted by molar-refractivity contribution is 0.148. The highest BCUT2D eigenvalue weighted by Gasteiger charge is 2.32. The van der Waals surface area contributed by atoms with E-state index in [1.54, 1.807) is 18.6 Å². The van der Waals surface area contributed by atoms with E-state index in [-0.39, 0.29) is 18.0 Å². The van der Waals surface area contributed by atoms with Gasteiger partial charge in [-0.1, -0.05) is 0 Å². The van der Waals surface area contributed by atoms with Crippen LogP contribution in [0.4, 0.5) is 11.8 Å². The van der Waals surface area contributed by atoms with Crippen LogP contribution in [0, 0.1) is 5.92 Å². The second-order valence-electron chi connectivity index (χ2n) is 5.07. The number of hydrogen-bond donors (Lipinski definition) is 2. The Morgan fingerprint density at radius 3 is 2.75 bits per heavy atom. The lowest BCUT2D eigenvalue weighted by Gasteiger charge is -2.16. The summed E-state index contributed by atoms with van der Waals surface area (Å²) >= 11 is 0. The topological polar surface area (TPSA) is 88.2 Å². The Morgan fingerprint density at radius 2 is 2.00 bits per heavy atom. The number of aliphatic hydroxyl groups is 1. The number of nitrogen functional groups attached to an aromatic ring is 1. The minimum Gasteiger partial charge on any atom is -0.391 e. The molecule has 3 N–H and O–H groups in total. The van der Waals surface area contributed by atoms with E-state index in [0.29, 0.717) is 6.54 Å². The third-order valence-corrected chi connectivity index (χ3v) is 3.64. The van der Waals surface area contributed by atoms with Crippen molar-refractivity contribution in [1.82, 2.24) is 15.0 Å². The van der Waals surface area contributed by atoms with Gasteiger partial charge in [0.2, 0.25) is 5.95 Å². The normalized spacial score (nSPS) is 22.1. The summed E-state index contributed by atoms with van der Waals surface area (Å²) in [6.45, 7) is 1.34. The van der Waals surface area contributed by atoms with Crippen LogP contribution in [-0.4, -0.2) is 39.3 Å². The van der Waals surface area contributed by atoms with Gasteiger partial charge in [0, 0.05) is 37.6 Å². The van der Waals surface area contributed by atoms with Crippen LogP contribution in [0.25, 0.3) is 0 Å². The second-order valence-corrected chi connectivity index (χ2v) is 5.07. The van der Waals surface area contributed by atoms with Gasteiger partial charge in [0.25, 0.3) is 0 Å². The average molecular weight is 271 g/mol. The van der Waals surface area contributed by atoms with Crippen LogP contribution in [0.3, 0.4) is 0 Å². The number of β-amino-alcohol motifs (C(OH)–C–C–N with tert-alkyl or cyclic N) is 1. The van der Waals surface area contributed by atoms with Gasteiger partial charge in [-0.15, -0.1) is 0 Å². The number of hydrogen-bond acceptors (Lipinski definition) is 6. The summed E-state index contributed by atoms with van der Waals surface area (Å²) in [6.07, 6.45) is 5.67. The minimum atomic E-state index is -0.362. The molecule has 0 bridgehead atoms. The Bertz CT molecular complexity index is 577. The van der Waals surface area contributed by atoms with E-state index < -0.39 is 0 Å². The van der Waals surface area contributed by atoms with Crippen molar-refractivity contribution in [1.29, 1.82) is 0 Å². The Kier molecular flexibility index (Phi) is 3.47. The van der Waals surface area contributed by atoms with E-state index in [0.717, 1.165) is 18.8 Å². The molecule has 3 rings (SSSR count). The predicted octanol–water partition coefficient (Wildman–Crippen LogP) is 0.494. The van der Waals surface area contributed by atoms with Crippen LogP contribution in [0.5, 0.6) is 0 Å². The molecule has 104 valence electrons. The zero-order valence-corrected chi connectivity index (χ0v) is 11.1. The van der Waals surface area contributed by atoms with Gasteiger partial charge in [-0.3, -0.25) is 4.98 Å². The quantitative estimate of drug-likeness (QED) is 0.845. The number of nitrogens with zero attached hydrogens (tertiary/aromatic N) is 4. The molecule has 3 heterocycles. The molecule has 0 amide bonds. The van der Waals surface area contributed by atoms with Crippen molar-refractivity contribution in [3.05, 3.63) is 42.4 Å². The van der Waals surface area contributed by atoms with Gasteiger partial charge >= 0.3 is 0 Å². The standard InChI is InChI=1S/C14H17N5O/c15-14-17-6-3-13(18-14)19-8-11(12(20)9-19)7-10-1-4-16-5-2-10/h1-6,11-12,20H,7-9H2,(H2,15,17,18)/t11-,12+/m1/s1. The van der Waals surface area contributed by atoms with E-state index in [1.165, 1.54) is 5.56 Å². The van der Waals surface area contributed by atoms with E-state index in [9.17, 15) is 5.11 Å². The maximum absolute atomic E-state index is 10.2. The zero-order valence-electron chi connectivity index (χ0n) is 11.1. The number of aliphatic hydroxyl groups excluding tert-OH is 1. The number of aromatic nitrogens is 3. The molecular formula is C14H17N5O. The first kappa shape index (κ1) is 12.8. The molecule has 2 atom stereocenters. The highest BCUT2D eigenvalue weighted by atomic mass is 16.3. The highest BCUT2D eigenvalue weighted by molar-refractivity contribution is 5.42. The largest absolute Gasteiger partial charge is 0.391 e. The molecule has 1 fully saturated rings. The summed E-state index contributed by atoms with van der Waals surface area (Å²) in [5.74, 6) is 1.22. The Balaban J connectivity index is 1.71. The molecular weight excluding hydrogens is 254 g/mol. The van der Waals surface area contributed by atoms with E-state index >= 15 is 0 Å². The maximum Gasteiger partial charge on any atom is 0.221 e. The molecule has 1 saturated heterocycles. The van der Waals surface area contributed by atoms with Gasteiger partial charge in [0.05, 0.1) is 6.10 Å². The van der Waals surface area contributed by atoms with Crippen LogP contribution in [0.2, 0.25) is 0 Å². The fourth-order valence-electron chi connectivity index (χ4n) is 2.60. The summed E-state index contributed by atoms with van der Waals surface area (Å²) in [4.78, 5) is 14.1. The first-order valence-electron chi connectivity index (χ1n) is 6.63. The Hall–Kier alpha value is -2.21. The smallest absolute Gasteiger partial charge is 0.221 e. The van der Waals surface area contributed by atoms with Crippen molar-refractivity contribution in [2.24, 2.45) is 5.92 Å². The van der Waals surface area contributed by atoms with Gasteiger partial charge in [0.1, 0.15) is 5.82 Å². The SMILES string of the molecule is Nc1nccc(N2C[C@@H](Cc3ccncc3)[C@@H](O)C2)n1. The Labute approximate surface area is 117 Å². The Morgan fingerprint density at radius 1 is 1.20 bits per heavy atom. The number of pyridine rings is 1. The molecule has 2 aromatic rings. The van der Waals surface area contributed by atoms with Crippen molar-refractivity contribution in [3.8, 4) is 0 Å². The van der Waals surface area contributed by atoms with Crippen LogP contribution in [-0.2, 0) is 6.42 Å². The molecule has 20 heavy (non-hydrogen) atoms. The molecule has 0 unspecified atom stereocenters. The number of anilines is 2. The molecule has 0 aromatic carbocycles. The van der Waals surface area contributed by atoms with E-state index in [4.69, 9.17) is 5.73 Å². The zero-order chi connectivity index (χ0) is 13.9. The summed E-state index contributed by atoms with van der Waals surface area (Å²) in [5.41, 5.74) is 6.79. The van der Waals surface area contributed by atoms with Gasteiger partial charge in [-0.25, -0.2) is 4.98 Å². The molecule has 2 aromatic heterocycles. The van der Waals surface area contributed by atoms with Crippen LogP contribution >= 0.6 is 0 Å². The van der Waals surface area contributed by atoms with Crippen molar-refractivity contribution in [3.63, 3.8) is 0 Å². The number of rotatable bonds is 3. The summed E-state index contributed by atoms with van der Waals surface area (Å²) < 4.78 is 0. The summed E-state index contributed by atoms with van der Waals surface area (Å²) in [6, 6.07) is 5.79. The average Bonchev–Trinajstić information content (AvgIpc) is 2.81. The van der Waals surface area contributed by atoms with Crippen molar-refractivity contribution in [2.45, 2.75) is 12.5 Å². The molecule has 0 radical (unpaired) electrons. The molecule has 0 saturated carbocycles. The lowest BCUT2D eigenvalue weighted by Crippen LogP contribution is -2.22. The second kappa shape index (κ2) is 5.42. The molecule has 1 aliphatic rings. The van der Waals surface area contributed by atoms with Gasteiger partial charge in [0.15, 0.2) is 0 Å². The fourth-order valence-corrected chi connectivity index (χ4v) is 2.60. The maximum atomic E-state index is 10.2. The minimum absolute atomic E-state index is 0.189. The van der Waals surface area contributed by atoms with Crippen LogP contribution in [0.15, 0.2) is 36.8 Å². The summed E-state index contributed by atoms with van der Waals surface area (Å²) in [7, 11) is 0. The van der Waals surface area contributed by atoms with E-state index in [2.05, 4.69) is 19.9 Å². The molecule has 0 aliphatic carbocycles. The third kappa shape index (κ3) is 2.70. The first-order valence-corrected chi connectivity index (χ1v) is 6.63. The molecule has 1 aliphatic heterocycles. The molecule has 6 nitrogen and oxygen atoms in total. The fraction of sp³-hybridized carbons (Fsp3) is 0.357. The number of nitrogens with two attached hydrogens (primary N) is 1. The van der Waals surface area contributed by atoms with Gasteiger partial charge in [-0.2, -0.15) is 4.98 Å². The van der Waals surface area contributed by atoms with Crippen molar-refractivity contribution >= 4 is 11.8 Å². The molecule has 0 spiro atoms. The summed E-state index contributed by atoms with van der Waals surface area (Å²) in [5, 5.41) is 10.2. The lowest BCUT2D eigenvalue weighted by atomic mass is 9.97. The highest BCUT2D eigenvalue weighted by Crippen LogP contribution is 2.25. The van der Waals surface area contributed by atoms with Crippen molar-refractivity contribution < 1.29 is 5.11 Å². The monoisotopic (exact) mass is 271 g/mol. The first-order chi connectivity index (χ1) is 9.72. The van der Waals surface area contributed by atoms with E-state index in [1.807, 2.05) is 18.2 Å². The van der Waals surface area contributed by atoms with Crippen LogP contribution < -0.4 is 10.6 Å². The van der Waals surface area contributed by atoms with Crippen LogP contribution in [0.1, 0.15) is 5.56 Å². The predicted molar refractivity (Wildman–Crippen MR) is 76.1 cm³/mol.